The average Bonchev–Trinajstić information content (AvgIpc) is 2.53. The van der Waals surface area contributed by atoms with E-state index in [1.165, 1.54) is 16.8 Å². The third-order valence-electron chi connectivity index (χ3n) is 4.91. The summed E-state index contributed by atoms with van der Waals surface area (Å²) in [6.45, 7) is 10.1. The first kappa shape index (κ1) is 15.5. The number of nitrogens with zero attached hydrogens (tertiary/aromatic N) is 2. The molecule has 2 aliphatic heterocycles. The molecule has 1 fully saturated rings. The first-order valence-corrected chi connectivity index (χ1v) is 8.43. The van der Waals surface area contributed by atoms with Gasteiger partial charge in [0.2, 0.25) is 5.91 Å². The van der Waals surface area contributed by atoms with Gasteiger partial charge < -0.3 is 10.2 Å². The van der Waals surface area contributed by atoms with Crippen molar-refractivity contribution in [3.63, 3.8) is 0 Å². The van der Waals surface area contributed by atoms with E-state index in [2.05, 4.69) is 37.1 Å². The minimum atomic E-state index is 0.101. The lowest BCUT2D eigenvalue weighted by atomic mass is 9.86. The molecule has 1 amide bonds. The zero-order valence-corrected chi connectivity index (χ0v) is 14.0. The molecule has 0 unspecified atom stereocenters. The molecule has 120 valence electrons. The number of aromatic nitrogens is 1. The van der Waals surface area contributed by atoms with Crippen LogP contribution in [0.15, 0.2) is 12.3 Å². The molecule has 3 heterocycles. The number of piperidine rings is 1. The normalized spacial score (nSPS) is 19.9. The van der Waals surface area contributed by atoms with Crippen LogP contribution in [0, 0.1) is 5.92 Å². The van der Waals surface area contributed by atoms with Gasteiger partial charge in [-0.1, -0.05) is 26.8 Å². The molecule has 0 aromatic carbocycles. The van der Waals surface area contributed by atoms with Crippen molar-refractivity contribution in [2.75, 3.05) is 19.6 Å². The van der Waals surface area contributed by atoms with Crippen molar-refractivity contribution in [2.45, 2.75) is 52.0 Å². The third kappa shape index (κ3) is 3.17. The van der Waals surface area contributed by atoms with Crippen molar-refractivity contribution in [1.29, 1.82) is 0 Å². The van der Waals surface area contributed by atoms with E-state index in [-0.39, 0.29) is 11.3 Å². The van der Waals surface area contributed by atoms with Gasteiger partial charge in [0.1, 0.15) is 0 Å². The number of carbonyl (C=O) groups excluding carboxylic acids is 1. The highest BCUT2D eigenvalue weighted by molar-refractivity contribution is 5.79. The van der Waals surface area contributed by atoms with Crippen LogP contribution in [0.25, 0.3) is 0 Å². The van der Waals surface area contributed by atoms with E-state index in [4.69, 9.17) is 0 Å². The summed E-state index contributed by atoms with van der Waals surface area (Å²) in [5.41, 5.74) is 3.76. The Balaban J connectivity index is 1.76. The average molecular weight is 301 g/mol. The van der Waals surface area contributed by atoms with Gasteiger partial charge in [-0.15, -0.1) is 0 Å². The van der Waals surface area contributed by atoms with Gasteiger partial charge in [0.05, 0.1) is 0 Å². The molecule has 22 heavy (non-hydrogen) atoms. The summed E-state index contributed by atoms with van der Waals surface area (Å²) in [7, 11) is 0. The molecular weight excluding hydrogens is 274 g/mol. The molecule has 4 heteroatoms. The van der Waals surface area contributed by atoms with Gasteiger partial charge in [-0.2, -0.15) is 0 Å². The van der Waals surface area contributed by atoms with Gasteiger partial charge in [-0.05, 0) is 42.5 Å². The van der Waals surface area contributed by atoms with Crippen LogP contribution in [0.5, 0.6) is 0 Å². The van der Waals surface area contributed by atoms with Crippen molar-refractivity contribution in [1.82, 2.24) is 15.2 Å². The zero-order valence-electron chi connectivity index (χ0n) is 14.0. The number of fused-ring (bicyclic) bond motifs is 1. The van der Waals surface area contributed by atoms with E-state index in [1.54, 1.807) is 0 Å². The predicted octanol–water partition coefficient (Wildman–Crippen LogP) is 2.26. The summed E-state index contributed by atoms with van der Waals surface area (Å²) >= 11 is 0. The lowest BCUT2D eigenvalue weighted by Crippen LogP contribution is -2.43. The quantitative estimate of drug-likeness (QED) is 0.865. The number of hydrogen-bond donors (Lipinski definition) is 1. The van der Waals surface area contributed by atoms with E-state index < -0.39 is 0 Å². The molecule has 2 aliphatic rings. The van der Waals surface area contributed by atoms with Crippen LogP contribution in [0.1, 0.15) is 50.4 Å². The Morgan fingerprint density at radius 1 is 1.32 bits per heavy atom. The molecule has 0 bridgehead atoms. The Kier molecular flexibility index (Phi) is 4.22. The van der Waals surface area contributed by atoms with E-state index in [0.29, 0.717) is 5.91 Å². The molecule has 0 radical (unpaired) electrons. The van der Waals surface area contributed by atoms with Crippen molar-refractivity contribution in [3.05, 3.63) is 29.1 Å². The summed E-state index contributed by atoms with van der Waals surface area (Å²) in [6.07, 6.45) is 4.84. The van der Waals surface area contributed by atoms with Crippen molar-refractivity contribution < 1.29 is 4.79 Å². The first-order chi connectivity index (χ1) is 10.4. The van der Waals surface area contributed by atoms with Crippen LogP contribution in [0.3, 0.4) is 0 Å². The molecule has 1 aromatic rings. The van der Waals surface area contributed by atoms with Gasteiger partial charge in [-0.25, -0.2) is 0 Å². The fourth-order valence-electron chi connectivity index (χ4n) is 3.35. The van der Waals surface area contributed by atoms with Crippen molar-refractivity contribution >= 4 is 5.91 Å². The van der Waals surface area contributed by atoms with Crippen molar-refractivity contribution in [3.8, 4) is 0 Å². The van der Waals surface area contributed by atoms with E-state index in [1.807, 2.05) is 11.1 Å². The van der Waals surface area contributed by atoms with Gasteiger partial charge in [0.25, 0.3) is 0 Å². The van der Waals surface area contributed by atoms with Crippen molar-refractivity contribution in [2.24, 2.45) is 5.92 Å². The zero-order chi connectivity index (χ0) is 15.7. The molecule has 0 atom stereocenters. The molecule has 1 saturated heterocycles. The molecule has 1 N–H and O–H groups in total. The summed E-state index contributed by atoms with van der Waals surface area (Å²) in [6, 6.07) is 2.25. The Bertz CT molecular complexity index is 556. The Morgan fingerprint density at radius 2 is 2.05 bits per heavy atom. The molecule has 4 nitrogen and oxygen atoms in total. The standard InChI is InChI=1S/C18H27N3O/c1-18(2,3)15-10-14-12-21(9-6-16(14)20-11-15)17(22)13-4-7-19-8-5-13/h10-11,13,19H,4-9,12H2,1-3H3. The summed E-state index contributed by atoms with van der Waals surface area (Å²) in [5.74, 6) is 0.551. The fourth-order valence-corrected chi connectivity index (χ4v) is 3.35. The number of hydrogen-bond acceptors (Lipinski definition) is 3. The molecule has 0 spiro atoms. The monoisotopic (exact) mass is 301 g/mol. The molecule has 1 aromatic heterocycles. The lowest BCUT2D eigenvalue weighted by molar-refractivity contribution is -0.137. The summed E-state index contributed by atoms with van der Waals surface area (Å²) < 4.78 is 0. The van der Waals surface area contributed by atoms with Gasteiger partial charge in [0.15, 0.2) is 0 Å². The Morgan fingerprint density at radius 3 is 2.73 bits per heavy atom. The first-order valence-electron chi connectivity index (χ1n) is 8.43. The summed E-state index contributed by atoms with van der Waals surface area (Å²) in [4.78, 5) is 19.4. The fraction of sp³-hybridized carbons (Fsp3) is 0.667. The van der Waals surface area contributed by atoms with E-state index in [0.717, 1.165) is 45.4 Å². The lowest BCUT2D eigenvalue weighted by Gasteiger charge is -2.33. The van der Waals surface area contributed by atoms with Gasteiger partial charge >= 0.3 is 0 Å². The SMILES string of the molecule is CC(C)(C)c1cnc2c(c1)CN(C(=O)C1CCNCC1)CC2. The second-order valence-electron chi connectivity index (χ2n) is 7.61. The summed E-state index contributed by atoms with van der Waals surface area (Å²) in [5, 5.41) is 3.33. The van der Waals surface area contributed by atoms with E-state index >= 15 is 0 Å². The highest BCUT2D eigenvalue weighted by Crippen LogP contribution is 2.27. The Hall–Kier alpha value is -1.42. The minimum absolute atomic E-state index is 0.101. The smallest absolute Gasteiger partial charge is 0.226 e. The minimum Gasteiger partial charge on any atom is -0.338 e. The van der Waals surface area contributed by atoms with Crippen LogP contribution in [-0.4, -0.2) is 35.4 Å². The molecule has 0 saturated carbocycles. The highest BCUT2D eigenvalue weighted by atomic mass is 16.2. The maximum absolute atomic E-state index is 12.7. The topological polar surface area (TPSA) is 45.2 Å². The highest BCUT2D eigenvalue weighted by Gasteiger charge is 2.29. The van der Waals surface area contributed by atoms with Crippen LogP contribution in [-0.2, 0) is 23.2 Å². The molecule has 0 aliphatic carbocycles. The number of rotatable bonds is 1. The Labute approximate surface area is 133 Å². The number of amides is 1. The third-order valence-corrected chi connectivity index (χ3v) is 4.91. The maximum atomic E-state index is 12.7. The number of carbonyl (C=O) groups is 1. The van der Waals surface area contributed by atoms with Crippen LogP contribution >= 0.6 is 0 Å². The predicted molar refractivity (Wildman–Crippen MR) is 87.7 cm³/mol. The maximum Gasteiger partial charge on any atom is 0.226 e. The van der Waals surface area contributed by atoms with Crippen LogP contribution in [0.2, 0.25) is 0 Å². The van der Waals surface area contributed by atoms with E-state index in [9.17, 15) is 4.79 Å². The van der Waals surface area contributed by atoms with Gasteiger partial charge in [0, 0.05) is 37.3 Å². The largest absolute Gasteiger partial charge is 0.338 e. The van der Waals surface area contributed by atoms with Crippen LogP contribution in [0.4, 0.5) is 0 Å². The van der Waals surface area contributed by atoms with Gasteiger partial charge in [-0.3, -0.25) is 9.78 Å². The molecular formula is C18H27N3O. The van der Waals surface area contributed by atoms with Crippen LogP contribution < -0.4 is 5.32 Å². The number of nitrogens with one attached hydrogen (secondary N) is 1. The second-order valence-corrected chi connectivity index (χ2v) is 7.61. The number of pyridine rings is 1. The second kappa shape index (κ2) is 5.99. The molecule has 3 rings (SSSR count).